The maximum Gasteiger partial charge on any atom is 0.0848 e. The minimum Gasteiger partial charge on any atom is -0.253 e. The molecule has 0 fully saturated rings. The van der Waals surface area contributed by atoms with Crippen LogP contribution in [-0.2, 0) is 11.8 Å². The van der Waals surface area contributed by atoms with E-state index in [-0.39, 0.29) is 5.41 Å². The van der Waals surface area contributed by atoms with E-state index in [9.17, 15) is 0 Å². The van der Waals surface area contributed by atoms with E-state index in [1.807, 2.05) is 6.20 Å². The lowest BCUT2D eigenvalue weighted by molar-refractivity contribution is 0.562. The van der Waals surface area contributed by atoms with Crippen molar-refractivity contribution in [3.05, 3.63) is 28.9 Å². The molecule has 0 atom stereocenters. The van der Waals surface area contributed by atoms with Crippen molar-refractivity contribution in [1.82, 2.24) is 9.97 Å². The number of nitrogens with zero attached hydrogens (tertiary/aromatic N) is 2. The molecule has 0 unspecified atom stereocenters. The van der Waals surface area contributed by atoms with Gasteiger partial charge in [0.05, 0.1) is 17.1 Å². The Morgan fingerprint density at radius 2 is 1.94 bits per heavy atom. The lowest BCUT2D eigenvalue weighted by Crippen LogP contribution is -2.15. The van der Waals surface area contributed by atoms with E-state index in [0.29, 0.717) is 5.92 Å². The predicted octanol–water partition coefficient (Wildman–Crippen LogP) is 3.37. The molecule has 0 saturated carbocycles. The summed E-state index contributed by atoms with van der Waals surface area (Å²) in [4.78, 5) is 9.26. The van der Waals surface area contributed by atoms with Crippen molar-refractivity contribution in [2.24, 2.45) is 5.92 Å². The van der Waals surface area contributed by atoms with Gasteiger partial charge in [0, 0.05) is 18.0 Å². The first-order valence-corrected chi connectivity index (χ1v) is 5.95. The predicted molar refractivity (Wildman–Crippen MR) is 67.3 cm³/mol. The van der Waals surface area contributed by atoms with Crippen LogP contribution in [0.3, 0.4) is 0 Å². The highest BCUT2D eigenvalue weighted by atomic mass is 14.8. The van der Waals surface area contributed by atoms with Crippen molar-refractivity contribution in [1.29, 1.82) is 0 Å². The number of rotatable bonds is 1. The zero-order valence-electron chi connectivity index (χ0n) is 10.8. The molecule has 0 saturated heterocycles. The molecule has 2 rings (SSSR count). The van der Waals surface area contributed by atoms with E-state index in [1.54, 1.807) is 0 Å². The fourth-order valence-electron chi connectivity index (χ4n) is 1.84. The Kier molecular flexibility index (Phi) is 2.61. The molecular formula is C14H20N2. The van der Waals surface area contributed by atoms with Gasteiger partial charge >= 0.3 is 0 Å². The summed E-state index contributed by atoms with van der Waals surface area (Å²) in [7, 11) is 0. The van der Waals surface area contributed by atoms with Crippen molar-refractivity contribution in [2.75, 3.05) is 0 Å². The molecule has 1 aromatic rings. The quantitative estimate of drug-likeness (QED) is 0.719. The first-order chi connectivity index (χ1) is 7.38. The molecule has 1 aliphatic rings. The van der Waals surface area contributed by atoms with Crippen LogP contribution < -0.4 is 0 Å². The number of hydrogen-bond acceptors (Lipinski definition) is 2. The van der Waals surface area contributed by atoms with Gasteiger partial charge in [0.25, 0.3) is 0 Å². The number of aromatic nitrogens is 2. The molecule has 2 nitrogen and oxygen atoms in total. The molecule has 1 heterocycles. The highest BCUT2D eigenvalue weighted by Crippen LogP contribution is 2.28. The van der Waals surface area contributed by atoms with E-state index in [4.69, 9.17) is 4.98 Å². The van der Waals surface area contributed by atoms with E-state index < -0.39 is 0 Å². The zero-order valence-corrected chi connectivity index (χ0v) is 10.8. The monoisotopic (exact) mass is 216 g/mol. The van der Waals surface area contributed by atoms with Crippen LogP contribution in [0.2, 0.25) is 0 Å². The molecule has 86 valence electrons. The van der Waals surface area contributed by atoms with Crippen molar-refractivity contribution in [2.45, 2.75) is 46.5 Å². The van der Waals surface area contributed by atoms with Gasteiger partial charge in [0.2, 0.25) is 0 Å². The molecule has 0 amide bonds. The summed E-state index contributed by atoms with van der Waals surface area (Å²) < 4.78 is 0. The van der Waals surface area contributed by atoms with Gasteiger partial charge in [0.15, 0.2) is 0 Å². The maximum absolute atomic E-state index is 4.74. The van der Waals surface area contributed by atoms with Crippen LogP contribution in [0.4, 0.5) is 0 Å². The first kappa shape index (κ1) is 11.3. The van der Waals surface area contributed by atoms with Crippen molar-refractivity contribution >= 4 is 6.08 Å². The highest BCUT2D eigenvalue weighted by Gasteiger charge is 2.22. The molecule has 0 spiro atoms. The van der Waals surface area contributed by atoms with Crippen LogP contribution in [0.15, 0.2) is 11.8 Å². The third-order valence-electron chi connectivity index (χ3n) is 3.08. The minimum absolute atomic E-state index is 0.0859. The van der Waals surface area contributed by atoms with Gasteiger partial charge in [-0.1, -0.05) is 40.2 Å². The lowest BCUT2D eigenvalue weighted by atomic mass is 9.92. The Morgan fingerprint density at radius 3 is 2.50 bits per heavy atom. The molecule has 1 aromatic heterocycles. The van der Waals surface area contributed by atoms with E-state index in [1.165, 1.54) is 5.57 Å². The van der Waals surface area contributed by atoms with Crippen molar-refractivity contribution in [3.8, 4) is 0 Å². The number of allylic oxidation sites excluding steroid dienone is 1. The van der Waals surface area contributed by atoms with Gasteiger partial charge in [-0.05, 0) is 12.0 Å². The average Bonchev–Trinajstić information content (AvgIpc) is 2.58. The molecule has 2 heteroatoms. The molecule has 16 heavy (non-hydrogen) atoms. The molecule has 0 bridgehead atoms. The molecule has 0 aliphatic heterocycles. The standard InChI is InChI=1S/C14H20N2/c1-9(2)10-6-11-12(7-10)16-13(8-15-11)14(3,4)5/h6,8-9H,7H2,1-5H3. The van der Waals surface area contributed by atoms with Gasteiger partial charge in [-0.3, -0.25) is 9.97 Å². The van der Waals surface area contributed by atoms with Gasteiger partial charge < -0.3 is 0 Å². The molecule has 0 radical (unpaired) electrons. The third-order valence-corrected chi connectivity index (χ3v) is 3.08. The minimum atomic E-state index is 0.0859. The Balaban J connectivity index is 2.34. The summed E-state index contributed by atoms with van der Waals surface area (Å²) in [6, 6.07) is 0. The maximum atomic E-state index is 4.74. The number of hydrogen-bond donors (Lipinski definition) is 0. The second-order valence-electron chi connectivity index (χ2n) is 5.89. The lowest BCUT2D eigenvalue weighted by Gasteiger charge is -2.17. The normalized spacial score (nSPS) is 15.2. The van der Waals surface area contributed by atoms with E-state index in [2.05, 4.69) is 45.7 Å². The van der Waals surface area contributed by atoms with Crippen LogP contribution in [-0.4, -0.2) is 9.97 Å². The Hall–Kier alpha value is -1.18. The zero-order chi connectivity index (χ0) is 11.9. The van der Waals surface area contributed by atoms with Crippen LogP contribution in [0.1, 0.15) is 51.7 Å². The molecule has 0 aromatic carbocycles. The van der Waals surface area contributed by atoms with Crippen LogP contribution in [0.5, 0.6) is 0 Å². The summed E-state index contributed by atoms with van der Waals surface area (Å²) in [6.45, 7) is 11.0. The van der Waals surface area contributed by atoms with Crippen LogP contribution in [0, 0.1) is 5.92 Å². The fourth-order valence-corrected chi connectivity index (χ4v) is 1.84. The highest BCUT2D eigenvalue weighted by molar-refractivity contribution is 5.59. The van der Waals surface area contributed by atoms with Gasteiger partial charge in [-0.2, -0.15) is 0 Å². The van der Waals surface area contributed by atoms with Gasteiger partial charge in [-0.15, -0.1) is 0 Å². The van der Waals surface area contributed by atoms with Gasteiger partial charge in [-0.25, -0.2) is 0 Å². The van der Waals surface area contributed by atoms with Crippen molar-refractivity contribution < 1.29 is 0 Å². The van der Waals surface area contributed by atoms with Crippen LogP contribution >= 0.6 is 0 Å². The third kappa shape index (κ3) is 2.01. The summed E-state index contributed by atoms with van der Waals surface area (Å²) in [5.41, 5.74) is 4.83. The van der Waals surface area contributed by atoms with Crippen molar-refractivity contribution in [3.63, 3.8) is 0 Å². The summed E-state index contributed by atoms with van der Waals surface area (Å²) in [5.74, 6) is 0.592. The summed E-state index contributed by atoms with van der Waals surface area (Å²) in [5, 5.41) is 0. The van der Waals surface area contributed by atoms with Gasteiger partial charge in [0.1, 0.15) is 0 Å². The largest absolute Gasteiger partial charge is 0.253 e. The Labute approximate surface area is 97.8 Å². The average molecular weight is 216 g/mol. The van der Waals surface area contributed by atoms with Crippen LogP contribution in [0.25, 0.3) is 6.08 Å². The smallest absolute Gasteiger partial charge is 0.0848 e. The topological polar surface area (TPSA) is 25.8 Å². The molecular weight excluding hydrogens is 196 g/mol. The Morgan fingerprint density at radius 1 is 1.25 bits per heavy atom. The molecule has 1 aliphatic carbocycles. The second-order valence-corrected chi connectivity index (χ2v) is 5.89. The molecule has 0 N–H and O–H groups in total. The first-order valence-electron chi connectivity index (χ1n) is 5.95. The SMILES string of the molecule is CC(C)C1=Cc2ncc(C(C)(C)C)nc2C1. The van der Waals surface area contributed by atoms with E-state index >= 15 is 0 Å². The van der Waals surface area contributed by atoms with E-state index in [0.717, 1.165) is 23.5 Å². The second kappa shape index (κ2) is 3.69. The number of fused-ring (bicyclic) bond motifs is 1. The fraction of sp³-hybridized carbons (Fsp3) is 0.571. The summed E-state index contributed by atoms with van der Waals surface area (Å²) in [6.07, 6.45) is 5.09. The Bertz CT molecular complexity index is 437. The summed E-state index contributed by atoms with van der Waals surface area (Å²) >= 11 is 0.